The van der Waals surface area contributed by atoms with E-state index in [-0.39, 0.29) is 17.3 Å². The molecule has 0 aliphatic heterocycles. The Balaban J connectivity index is 2.14. The molecule has 0 aliphatic carbocycles. The highest BCUT2D eigenvalue weighted by atomic mass is 35.5. The number of halogens is 4. The second-order valence-electron chi connectivity index (χ2n) is 3.70. The van der Waals surface area contributed by atoms with Gasteiger partial charge in [-0.3, -0.25) is 0 Å². The van der Waals surface area contributed by atoms with Gasteiger partial charge in [-0.1, -0.05) is 23.7 Å². The number of hydrogen-bond donors (Lipinski definition) is 1. The highest BCUT2D eigenvalue weighted by Crippen LogP contribution is 2.20. The summed E-state index contributed by atoms with van der Waals surface area (Å²) in [4.78, 5) is 0. The van der Waals surface area contributed by atoms with Crippen molar-refractivity contribution in [2.24, 2.45) is 0 Å². The van der Waals surface area contributed by atoms with Crippen molar-refractivity contribution in [1.82, 2.24) is 0 Å². The lowest BCUT2D eigenvalue weighted by atomic mass is 10.2. The predicted octanol–water partition coefficient (Wildman–Crippen LogP) is 4.37. The fourth-order valence-corrected chi connectivity index (χ4v) is 1.62. The average Bonchev–Trinajstić information content (AvgIpc) is 2.33. The molecule has 18 heavy (non-hydrogen) atoms. The van der Waals surface area contributed by atoms with Crippen LogP contribution in [-0.2, 0) is 6.54 Å². The highest BCUT2D eigenvalue weighted by molar-refractivity contribution is 6.30. The molecule has 1 nitrogen and oxygen atoms in total. The van der Waals surface area contributed by atoms with Crippen molar-refractivity contribution in [2.75, 3.05) is 5.32 Å². The van der Waals surface area contributed by atoms with Crippen LogP contribution in [0.15, 0.2) is 36.4 Å². The zero-order valence-electron chi connectivity index (χ0n) is 9.18. The number of para-hydroxylation sites is 1. The molecule has 0 atom stereocenters. The molecule has 0 bridgehead atoms. The van der Waals surface area contributed by atoms with Crippen molar-refractivity contribution in [3.63, 3.8) is 0 Å². The van der Waals surface area contributed by atoms with Crippen molar-refractivity contribution < 1.29 is 13.2 Å². The van der Waals surface area contributed by atoms with Crippen LogP contribution in [0, 0.1) is 17.5 Å². The van der Waals surface area contributed by atoms with Gasteiger partial charge in [0.15, 0.2) is 0 Å². The van der Waals surface area contributed by atoms with Gasteiger partial charge in [0.2, 0.25) is 0 Å². The standard InChI is InChI=1S/C13H9ClF3N/c14-9-5-4-8(6-12(9)17)7-18-13-10(15)2-1-3-11(13)16/h1-6,18H,7H2. The fraction of sp³-hybridized carbons (Fsp3) is 0.0769. The molecule has 0 amide bonds. The summed E-state index contributed by atoms with van der Waals surface area (Å²) >= 11 is 5.53. The lowest BCUT2D eigenvalue weighted by molar-refractivity contribution is 0.588. The quantitative estimate of drug-likeness (QED) is 0.874. The van der Waals surface area contributed by atoms with Gasteiger partial charge in [-0.25, -0.2) is 13.2 Å². The van der Waals surface area contributed by atoms with Crippen LogP contribution in [0.4, 0.5) is 18.9 Å². The topological polar surface area (TPSA) is 12.0 Å². The molecule has 0 saturated heterocycles. The molecular weight excluding hydrogens is 263 g/mol. The Hall–Kier alpha value is -1.68. The Morgan fingerprint density at radius 3 is 2.22 bits per heavy atom. The van der Waals surface area contributed by atoms with E-state index in [2.05, 4.69) is 5.32 Å². The molecular formula is C13H9ClF3N. The third kappa shape index (κ3) is 2.76. The number of benzene rings is 2. The second-order valence-corrected chi connectivity index (χ2v) is 4.11. The van der Waals surface area contributed by atoms with E-state index in [1.165, 1.54) is 18.2 Å². The summed E-state index contributed by atoms with van der Waals surface area (Å²) in [6.45, 7) is 0.103. The van der Waals surface area contributed by atoms with E-state index in [0.717, 1.165) is 12.1 Å². The van der Waals surface area contributed by atoms with Crippen LogP contribution in [0.5, 0.6) is 0 Å². The molecule has 0 fully saturated rings. The summed E-state index contributed by atoms with van der Waals surface area (Å²) in [5, 5.41) is 2.59. The molecule has 0 saturated carbocycles. The fourth-order valence-electron chi connectivity index (χ4n) is 1.51. The summed E-state index contributed by atoms with van der Waals surface area (Å²) < 4.78 is 39.8. The number of rotatable bonds is 3. The zero-order valence-corrected chi connectivity index (χ0v) is 9.94. The molecule has 2 aromatic carbocycles. The molecule has 2 aromatic rings. The lowest BCUT2D eigenvalue weighted by Gasteiger charge is -2.09. The smallest absolute Gasteiger partial charge is 0.149 e. The minimum atomic E-state index is -0.690. The maximum absolute atomic E-state index is 13.3. The van der Waals surface area contributed by atoms with Gasteiger partial charge in [0.05, 0.1) is 5.02 Å². The van der Waals surface area contributed by atoms with E-state index >= 15 is 0 Å². The Labute approximate surface area is 107 Å². The first kappa shape index (κ1) is 12.8. The molecule has 0 aromatic heterocycles. The van der Waals surface area contributed by atoms with E-state index in [1.54, 1.807) is 6.07 Å². The molecule has 0 heterocycles. The Bertz CT molecular complexity index is 552. The summed E-state index contributed by atoms with van der Waals surface area (Å²) in [5.74, 6) is -1.95. The van der Waals surface area contributed by atoms with E-state index in [9.17, 15) is 13.2 Å². The summed E-state index contributed by atoms with van der Waals surface area (Å²) in [6, 6.07) is 7.76. The van der Waals surface area contributed by atoms with Gasteiger partial charge >= 0.3 is 0 Å². The van der Waals surface area contributed by atoms with Crippen LogP contribution >= 0.6 is 11.6 Å². The summed E-state index contributed by atoms with van der Waals surface area (Å²) in [6.07, 6.45) is 0. The van der Waals surface area contributed by atoms with Crippen LogP contribution < -0.4 is 5.32 Å². The highest BCUT2D eigenvalue weighted by Gasteiger charge is 2.08. The first-order valence-corrected chi connectivity index (χ1v) is 5.57. The third-order valence-corrected chi connectivity index (χ3v) is 2.72. The first-order chi connectivity index (χ1) is 8.58. The monoisotopic (exact) mass is 271 g/mol. The van der Waals surface area contributed by atoms with Crippen LogP contribution in [0.1, 0.15) is 5.56 Å². The van der Waals surface area contributed by atoms with Gasteiger partial charge in [-0.05, 0) is 29.8 Å². The molecule has 1 N–H and O–H groups in total. The molecule has 0 unspecified atom stereocenters. The minimum absolute atomic E-state index is 0.0100. The van der Waals surface area contributed by atoms with E-state index in [1.807, 2.05) is 0 Å². The van der Waals surface area contributed by atoms with E-state index in [4.69, 9.17) is 11.6 Å². The van der Waals surface area contributed by atoms with Gasteiger partial charge in [-0.15, -0.1) is 0 Å². The Morgan fingerprint density at radius 1 is 0.944 bits per heavy atom. The van der Waals surface area contributed by atoms with Gasteiger partial charge in [0.1, 0.15) is 23.1 Å². The molecule has 2 rings (SSSR count). The van der Waals surface area contributed by atoms with Crippen LogP contribution in [0.25, 0.3) is 0 Å². The van der Waals surface area contributed by atoms with Crippen molar-refractivity contribution in [3.8, 4) is 0 Å². The summed E-state index contributed by atoms with van der Waals surface area (Å²) in [5.41, 5.74) is 0.312. The molecule has 0 radical (unpaired) electrons. The first-order valence-electron chi connectivity index (χ1n) is 5.20. The molecule has 0 aliphatic rings. The number of nitrogens with one attached hydrogen (secondary N) is 1. The van der Waals surface area contributed by atoms with Crippen LogP contribution in [-0.4, -0.2) is 0 Å². The van der Waals surface area contributed by atoms with Gasteiger partial charge in [0, 0.05) is 6.54 Å². The molecule has 5 heteroatoms. The van der Waals surface area contributed by atoms with Crippen LogP contribution in [0.3, 0.4) is 0 Å². The molecule has 0 spiro atoms. The van der Waals surface area contributed by atoms with E-state index in [0.29, 0.717) is 5.56 Å². The maximum atomic E-state index is 13.3. The largest absolute Gasteiger partial charge is 0.376 e. The SMILES string of the molecule is Fc1cc(CNc2c(F)cccc2F)ccc1Cl. The van der Waals surface area contributed by atoms with Crippen molar-refractivity contribution in [1.29, 1.82) is 0 Å². The summed E-state index contributed by atoms with van der Waals surface area (Å²) in [7, 11) is 0. The van der Waals surface area contributed by atoms with Gasteiger partial charge in [-0.2, -0.15) is 0 Å². The Morgan fingerprint density at radius 2 is 1.61 bits per heavy atom. The van der Waals surface area contributed by atoms with Gasteiger partial charge in [0.25, 0.3) is 0 Å². The van der Waals surface area contributed by atoms with Crippen molar-refractivity contribution in [3.05, 3.63) is 64.4 Å². The predicted molar refractivity (Wildman–Crippen MR) is 65.1 cm³/mol. The Kier molecular flexibility index (Phi) is 3.77. The average molecular weight is 272 g/mol. The van der Waals surface area contributed by atoms with Gasteiger partial charge < -0.3 is 5.32 Å². The third-order valence-electron chi connectivity index (χ3n) is 2.42. The van der Waals surface area contributed by atoms with Crippen molar-refractivity contribution in [2.45, 2.75) is 6.54 Å². The van der Waals surface area contributed by atoms with Crippen molar-refractivity contribution >= 4 is 17.3 Å². The minimum Gasteiger partial charge on any atom is -0.376 e. The second kappa shape index (κ2) is 5.31. The van der Waals surface area contributed by atoms with Crippen LogP contribution in [0.2, 0.25) is 5.02 Å². The molecule has 94 valence electrons. The zero-order chi connectivity index (χ0) is 13.1. The normalized spacial score (nSPS) is 10.4. The number of hydrogen-bond acceptors (Lipinski definition) is 1. The number of anilines is 1. The van der Waals surface area contributed by atoms with E-state index < -0.39 is 17.5 Å². The lowest BCUT2D eigenvalue weighted by Crippen LogP contribution is -2.04. The maximum Gasteiger partial charge on any atom is 0.149 e.